The summed E-state index contributed by atoms with van der Waals surface area (Å²) in [6, 6.07) is 11.0. The van der Waals surface area contributed by atoms with E-state index in [0.717, 1.165) is 5.56 Å². The summed E-state index contributed by atoms with van der Waals surface area (Å²) >= 11 is 11.9. The maximum Gasteiger partial charge on any atom is 0.399 e. The molecule has 6 heteroatoms. The zero-order chi connectivity index (χ0) is 15.6. The second kappa shape index (κ2) is 6.07. The van der Waals surface area contributed by atoms with E-state index in [9.17, 15) is 8.42 Å². The van der Waals surface area contributed by atoms with Crippen molar-refractivity contribution in [1.29, 1.82) is 0 Å². The van der Waals surface area contributed by atoms with E-state index in [-0.39, 0.29) is 15.5 Å². The first-order valence-electron chi connectivity index (χ1n) is 6.02. The highest BCUT2D eigenvalue weighted by Gasteiger charge is 2.39. The third-order valence-corrected chi connectivity index (χ3v) is 5.47. The van der Waals surface area contributed by atoms with Gasteiger partial charge in [-0.25, -0.2) is 8.42 Å². The van der Waals surface area contributed by atoms with E-state index in [1.54, 1.807) is 18.2 Å². The van der Waals surface area contributed by atoms with Gasteiger partial charge in [-0.15, -0.1) is 0 Å². The lowest BCUT2D eigenvalue weighted by Gasteiger charge is -2.07. The number of benzene rings is 2. The summed E-state index contributed by atoms with van der Waals surface area (Å²) < 4.78 is 25.3. The number of halogens is 2. The van der Waals surface area contributed by atoms with Crippen LogP contribution in [-0.4, -0.2) is 8.42 Å². The van der Waals surface area contributed by atoms with Crippen molar-refractivity contribution in [3.8, 4) is 6.57 Å². The van der Waals surface area contributed by atoms with Crippen molar-refractivity contribution < 1.29 is 8.42 Å². The Hall–Kier alpha value is -1.54. The first kappa shape index (κ1) is 15.8. The van der Waals surface area contributed by atoms with E-state index in [4.69, 9.17) is 29.8 Å². The van der Waals surface area contributed by atoms with Crippen LogP contribution in [0.15, 0.2) is 47.4 Å². The van der Waals surface area contributed by atoms with Crippen LogP contribution in [0.3, 0.4) is 0 Å². The molecule has 0 amide bonds. The molecule has 0 radical (unpaired) electrons. The predicted octanol–water partition coefficient (Wildman–Crippen LogP) is 4.74. The lowest BCUT2D eigenvalue weighted by atomic mass is 10.2. The van der Waals surface area contributed by atoms with Crippen LogP contribution in [0.2, 0.25) is 10.0 Å². The molecule has 0 aliphatic rings. The van der Waals surface area contributed by atoms with E-state index >= 15 is 0 Å². The van der Waals surface area contributed by atoms with Crippen molar-refractivity contribution in [3.63, 3.8) is 0 Å². The number of hydrogen-bond acceptors (Lipinski definition) is 2. The second-order valence-corrected chi connectivity index (χ2v) is 7.38. The van der Waals surface area contributed by atoms with Crippen LogP contribution < -0.4 is 0 Å². The molecule has 3 nitrogen and oxygen atoms in total. The van der Waals surface area contributed by atoms with Crippen LogP contribution in [-0.2, 0) is 9.84 Å². The average Bonchev–Trinajstić information content (AvgIpc) is 2.43. The summed E-state index contributed by atoms with van der Waals surface area (Å²) in [5.74, 6) is 0. The molecule has 0 saturated heterocycles. The summed E-state index contributed by atoms with van der Waals surface area (Å²) in [6.07, 6.45) is 0. The Morgan fingerprint density at radius 3 is 2.29 bits per heavy atom. The van der Waals surface area contributed by atoms with Gasteiger partial charge in [0.25, 0.3) is 16.4 Å². The molecule has 0 aliphatic heterocycles. The van der Waals surface area contributed by atoms with Gasteiger partial charge in [-0.1, -0.05) is 45.7 Å². The van der Waals surface area contributed by atoms with Gasteiger partial charge in [0.1, 0.15) is 0 Å². The minimum atomic E-state index is -3.79. The molecule has 0 heterocycles. The SMILES string of the molecule is C#[N+]C(c1cc(Cl)ccc1Cl)S(=O)(=O)c1ccc(C)cc1. The predicted molar refractivity (Wildman–Crippen MR) is 85.9 cm³/mol. The van der Waals surface area contributed by atoms with Crippen LogP contribution >= 0.6 is 23.2 Å². The summed E-state index contributed by atoms with van der Waals surface area (Å²) in [5, 5.41) is -0.692. The normalized spacial score (nSPS) is 12.7. The highest BCUT2D eigenvalue weighted by Crippen LogP contribution is 2.35. The molecule has 2 rings (SSSR count). The van der Waals surface area contributed by atoms with Gasteiger partial charge < -0.3 is 0 Å². The minimum Gasteiger partial charge on any atom is -0.215 e. The first-order chi connectivity index (χ1) is 9.86. The quantitative estimate of drug-likeness (QED) is 0.809. The summed E-state index contributed by atoms with van der Waals surface area (Å²) in [6.45, 7) is 7.19. The van der Waals surface area contributed by atoms with Crippen molar-refractivity contribution in [3.05, 3.63) is 68.5 Å². The van der Waals surface area contributed by atoms with Gasteiger partial charge in [0, 0.05) is 5.02 Å². The van der Waals surface area contributed by atoms with E-state index in [2.05, 4.69) is 4.85 Å². The molecule has 0 saturated carbocycles. The van der Waals surface area contributed by atoms with Crippen molar-refractivity contribution in [2.75, 3.05) is 0 Å². The Kier molecular flexibility index (Phi) is 4.58. The van der Waals surface area contributed by atoms with Gasteiger partial charge in [-0.05, 0) is 37.3 Å². The topological polar surface area (TPSA) is 38.5 Å². The van der Waals surface area contributed by atoms with Gasteiger partial charge in [0.15, 0.2) is 0 Å². The third-order valence-electron chi connectivity index (χ3n) is 3.00. The molecule has 1 atom stereocenters. The molecular formula is C15H12Cl2NO2S+. The molecule has 0 aliphatic carbocycles. The van der Waals surface area contributed by atoms with Gasteiger partial charge in [-0.2, -0.15) is 0 Å². The summed E-state index contributed by atoms with van der Waals surface area (Å²) in [5.41, 5.74) is 1.21. The number of hydrogen-bond donors (Lipinski definition) is 0. The van der Waals surface area contributed by atoms with Crippen molar-refractivity contribution in [2.45, 2.75) is 17.2 Å². The van der Waals surface area contributed by atoms with E-state index in [0.29, 0.717) is 5.02 Å². The van der Waals surface area contributed by atoms with Crippen molar-refractivity contribution >= 4 is 33.0 Å². The Balaban J connectivity index is 2.58. The number of nitrogens with zero attached hydrogens (tertiary/aromatic N) is 1. The molecule has 0 N–H and O–H groups in total. The van der Waals surface area contributed by atoms with Crippen LogP contribution in [0.1, 0.15) is 16.5 Å². The molecule has 0 fully saturated rings. The summed E-state index contributed by atoms with van der Waals surface area (Å²) in [4.78, 5) is 3.63. The van der Waals surface area contributed by atoms with E-state index < -0.39 is 15.2 Å². The number of aryl methyl sites for hydroxylation is 1. The lowest BCUT2D eigenvalue weighted by Crippen LogP contribution is -2.11. The van der Waals surface area contributed by atoms with Gasteiger partial charge in [-0.3, -0.25) is 0 Å². The van der Waals surface area contributed by atoms with Crippen molar-refractivity contribution in [2.24, 2.45) is 0 Å². The second-order valence-electron chi connectivity index (χ2n) is 4.53. The zero-order valence-corrected chi connectivity index (χ0v) is 13.5. The van der Waals surface area contributed by atoms with Crippen LogP contribution in [0.25, 0.3) is 4.85 Å². The van der Waals surface area contributed by atoms with Gasteiger partial charge in [0.2, 0.25) is 0 Å². The van der Waals surface area contributed by atoms with Crippen LogP contribution in [0.5, 0.6) is 0 Å². The van der Waals surface area contributed by atoms with Crippen molar-refractivity contribution in [1.82, 2.24) is 0 Å². The highest BCUT2D eigenvalue weighted by atomic mass is 35.5. The fraction of sp³-hybridized carbons (Fsp3) is 0.133. The lowest BCUT2D eigenvalue weighted by molar-refractivity contribution is 0.590. The maximum atomic E-state index is 12.7. The molecule has 21 heavy (non-hydrogen) atoms. The fourth-order valence-corrected chi connectivity index (χ4v) is 3.82. The van der Waals surface area contributed by atoms with Crippen LogP contribution in [0.4, 0.5) is 0 Å². The maximum absolute atomic E-state index is 12.7. The standard InChI is InChI=1S/C15H12Cl2NO2S/c1-10-3-6-12(7-4-10)21(19,20)15(18-2)13-9-11(16)5-8-14(13)17/h2-9,15H,1H3/q+1. The molecule has 108 valence electrons. The van der Waals surface area contributed by atoms with Gasteiger partial charge in [0.05, 0.1) is 15.5 Å². The fourth-order valence-electron chi connectivity index (χ4n) is 1.89. The first-order valence-corrected chi connectivity index (χ1v) is 8.32. The van der Waals surface area contributed by atoms with Gasteiger partial charge >= 0.3 is 5.37 Å². The monoisotopic (exact) mass is 340 g/mol. The highest BCUT2D eigenvalue weighted by molar-refractivity contribution is 7.91. The molecule has 0 bridgehead atoms. The van der Waals surface area contributed by atoms with E-state index in [1.165, 1.54) is 24.3 Å². The molecule has 0 spiro atoms. The molecular weight excluding hydrogens is 329 g/mol. The molecule has 2 aromatic carbocycles. The third kappa shape index (κ3) is 3.21. The zero-order valence-electron chi connectivity index (χ0n) is 11.1. The molecule has 2 aromatic rings. The van der Waals surface area contributed by atoms with E-state index in [1.807, 2.05) is 6.92 Å². The Bertz CT molecular complexity index is 809. The molecule has 0 aromatic heterocycles. The smallest absolute Gasteiger partial charge is 0.215 e. The Labute approximate surface area is 133 Å². The Morgan fingerprint density at radius 2 is 1.71 bits per heavy atom. The average molecular weight is 341 g/mol. The van der Waals surface area contributed by atoms with Crippen LogP contribution in [0, 0.1) is 13.5 Å². The number of sulfone groups is 1. The largest absolute Gasteiger partial charge is 0.399 e. The Morgan fingerprint density at radius 1 is 1.10 bits per heavy atom. The molecule has 1 unspecified atom stereocenters. The summed E-state index contributed by atoms with van der Waals surface area (Å²) in [7, 11) is -3.79. The minimum absolute atomic E-state index is 0.128. The number of rotatable bonds is 3.